The fraction of sp³-hybridized carbons (Fsp3) is 0.333. The Bertz CT molecular complexity index is 1430. The van der Waals surface area contributed by atoms with Crippen molar-refractivity contribution in [3.8, 4) is 11.5 Å². The molecule has 1 saturated carbocycles. The topological polar surface area (TPSA) is 71.1 Å². The third-order valence-electron chi connectivity index (χ3n) is 7.62. The van der Waals surface area contributed by atoms with E-state index >= 15 is 0 Å². The van der Waals surface area contributed by atoms with Gasteiger partial charge in [-0.25, -0.2) is 4.79 Å². The molecule has 2 aliphatic rings. The van der Waals surface area contributed by atoms with Crippen LogP contribution in [0.3, 0.4) is 0 Å². The van der Waals surface area contributed by atoms with Gasteiger partial charge in [0.15, 0.2) is 5.78 Å². The average molecular weight is 569 g/mol. The minimum atomic E-state index is -0.375. The lowest BCUT2D eigenvalue weighted by Gasteiger charge is -2.24. The standard InChI is InChI=1S/C36H40O6/c1-6-34(37)41-21-10-8-7-9-20-40-29-16-14-28(15-17-29)36(27-12-11-13-27)42-24(2)22-33-26(4)25(3)32-23-30(39-5)18-19-31(32)35(33)38/h6,14-19,22-23H,1,3,7-13,20-21H2,2,4-5H3/b24-22+. The Kier molecular flexibility index (Phi) is 10.6. The van der Waals surface area contributed by atoms with Crippen molar-refractivity contribution in [3.63, 3.8) is 0 Å². The highest BCUT2D eigenvalue weighted by Crippen LogP contribution is 2.39. The molecule has 6 heteroatoms. The quantitative estimate of drug-likeness (QED) is 0.0986. The summed E-state index contributed by atoms with van der Waals surface area (Å²) >= 11 is 0. The van der Waals surface area contributed by atoms with Crippen LogP contribution < -0.4 is 9.47 Å². The highest BCUT2D eigenvalue weighted by atomic mass is 16.5. The number of rotatable bonds is 14. The van der Waals surface area contributed by atoms with Crippen LogP contribution in [0.5, 0.6) is 11.5 Å². The average Bonchev–Trinajstić information content (AvgIpc) is 2.98. The van der Waals surface area contributed by atoms with Gasteiger partial charge in [0.2, 0.25) is 0 Å². The summed E-state index contributed by atoms with van der Waals surface area (Å²) < 4.78 is 22.7. The van der Waals surface area contributed by atoms with Crippen LogP contribution in [0.25, 0.3) is 11.3 Å². The largest absolute Gasteiger partial charge is 0.497 e. The molecule has 0 amide bonds. The molecule has 2 aliphatic carbocycles. The van der Waals surface area contributed by atoms with E-state index < -0.39 is 0 Å². The number of methoxy groups -OCH3 is 1. The summed E-state index contributed by atoms with van der Waals surface area (Å²) in [7, 11) is 1.61. The number of ketones is 1. The second kappa shape index (κ2) is 14.5. The summed E-state index contributed by atoms with van der Waals surface area (Å²) in [6, 6.07) is 13.5. The van der Waals surface area contributed by atoms with Gasteiger partial charge in [-0.15, -0.1) is 0 Å². The van der Waals surface area contributed by atoms with E-state index in [9.17, 15) is 9.59 Å². The van der Waals surface area contributed by atoms with Gasteiger partial charge in [0, 0.05) is 22.8 Å². The lowest BCUT2D eigenvalue weighted by atomic mass is 9.82. The number of esters is 1. The molecule has 0 aromatic heterocycles. The first-order valence-corrected chi connectivity index (χ1v) is 14.6. The van der Waals surface area contributed by atoms with Crippen LogP contribution in [0.4, 0.5) is 0 Å². The molecule has 0 aliphatic heterocycles. The molecule has 0 N–H and O–H groups in total. The van der Waals surface area contributed by atoms with E-state index in [-0.39, 0.29) is 11.8 Å². The van der Waals surface area contributed by atoms with Crippen LogP contribution in [0.1, 0.15) is 80.3 Å². The predicted molar refractivity (Wildman–Crippen MR) is 166 cm³/mol. The maximum absolute atomic E-state index is 13.4. The monoisotopic (exact) mass is 568 g/mol. The Labute approximate surface area is 249 Å². The number of Topliss-reactive ketones (excluding diaryl/α,β-unsaturated/α-hetero) is 1. The number of unbranched alkanes of at least 4 members (excludes halogenated alkanes) is 3. The van der Waals surface area contributed by atoms with E-state index in [0.29, 0.717) is 35.9 Å². The zero-order valence-corrected chi connectivity index (χ0v) is 24.9. The highest BCUT2D eigenvalue weighted by molar-refractivity contribution is 6.18. The Hall–Kier alpha value is -4.32. The van der Waals surface area contributed by atoms with Crippen molar-refractivity contribution < 1.29 is 28.5 Å². The van der Waals surface area contributed by atoms with Gasteiger partial charge >= 0.3 is 5.97 Å². The van der Waals surface area contributed by atoms with Gasteiger partial charge in [-0.2, -0.15) is 0 Å². The molecule has 0 spiro atoms. The summed E-state index contributed by atoms with van der Waals surface area (Å²) in [5.74, 6) is 2.59. The van der Waals surface area contributed by atoms with Crippen molar-refractivity contribution in [2.45, 2.75) is 58.8 Å². The van der Waals surface area contributed by atoms with Gasteiger partial charge in [0.05, 0.1) is 20.3 Å². The van der Waals surface area contributed by atoms with Crippen LogP contribution in [0, 0.1) is 0 Å². The first-order valence-electron chi connectivity index (χ1n) is 14.6. The Morgan fingerprint density at radius 3 is 2.29 bits per heavy atom. The van der Waals surface area contributed by atoms with Crippen molar-refractivity contribution >= 4 is 23.1 Å². The van der Waals surface area contributed by atoms with E-state index in [1.165, 1.54) is 11.6 Å². The summed E-state index contributed by atoms with van der Waals surface area (Å²) in [5, 5.41) is 0. The number of allylic oxidation sites excluding steroid dienone is 6. The smallest absolute Gasteiger partial charge is 0.330 e. The van der Waals surface area contributed by atoms with Gasteiger partial charge in [-0.1, -0.05) is 13.2 Å². The third-order valence-corrected chi connectivity index (χ3v) is 7.62. The molecule has 6 nitrogen and oxygen atoms in total. The molecule has 0 bridgehead atoms. The van der Waals surface area contributed by atoms with Crippen LogP contribution in [-0.4, -0.2) is 32.1 Å². The number of hydrogen-bond donors (Lipinski definition) is 0. The fourth-order valence-electron chi connectivity index (χ4n) is 4.94. The number of fused-ring (bicyclic) bond motifs is 1. The Morgan fingerprint density at radius 2 is 1.64 bits per heavy atom. The maximum atomic E-state index is 13.4. The second-order valence-corrected chi connectivity index (χ2v) is 10.6. The number of hydrogen-bond acceptors (Lipinski definition) is 6. The van der Waals surface area contributed by atoms with Gasteiger partial charge < -0.3 is 18.9 Å². The maximum Gasteiger partial charge on any atom is 0.330 e. The van der Waals surface area contributed by atoms with E-state index in [1.54, 1.807) is 19.2 Å². The minimum absolute atomic E-state index is 0.0454. The second-order valence-electron chi connectivity index (χ2n) is 10.6. The number of ether oxygens (including phenoxy) is 4. The van der Waals surface area contributed by atoms with E-state index in [0.717, 1.165) is 78.7 Å². The summed E-state index contributed by atoms with van der Waals surface area (Å²) in [6.45, 7) is 12.5. The molecule has 1 fully saturated rings. The summed E-state index contributed by atoms with van der Waals surface area (Å²) in [4.78, 5) is 24.5. The summed E-state index contributed by atoms with van der Waals surface area (Å²) in [6.07, 6.45) is 9.90. The van der Waals surface area contributed by atoms with Crippen molar-refractivity contribution in [1.82, 2.24) is 0 Å². The molecule has 0 heterocycles. The predicted octanol–water partition coefficient (Wildman–Crippen LogP) is 8.41. The van der Waals surface area contributed by atoms with E-state index in [4.69, 9.17) is 18.9 Å². The van der Waals surface area contributed by atoms with Crippen LogP contribution in [0.2, 0.25) is 0 Å². The molecular weight excluding hydrogens is 528 g/mol. The Balaban J connectivity index is 1.37. The number of benzene rings is 2. The first kappa shape index (κ1) is 30.6. The molecule has 220 valence electrons. The highest BCUT2D eigenvalue weighted by Gasteiger charge is 2.26. The van der Waals surface area contributed by atoms with Crippen LogP contribution in [0.15, 0.2) is 90.3 Å². The SMILES string of the molecule is C=CC(=O)OCCCCCCOc1ccc(C(O/C(C)=C/C2=C(C)C(=C)c3cc(OC)ccc3C2=O)=C2CCC2)cc1. The van der Waals surface area contributed by atoms with Crippen molar-refractivity contribution in [1.29, 1.82) is 0 Å². The molecular formula is C36H40O6. The van der Waals surface area contributed by atoms with Crippen LogP contribution in [-0.2, 0) is 14.3 Å². The molecule has 2 aromatic rings. The number of carbonyl (C=O) groups excluding carboxylic acids is 2. The van der Waals surface area contributed by atoms with Crippen molar-refractivity contribution in [2.24, 2.45) is 0 Å². The first-order chi connectivity index (χ1) is 20.3. The molecule has 0 atom stereocenters. The zero-order chi connectivity index (χ0) is 30.1. The normalized spacial score (nSPS) is 14.6. The fourth-order valence-corrected chi connectivity index (χ4v) is 4.94. The molecule has 0 saturated heterocycles. The van der Waals surface area contributed by atoms with Gasteiger partial charge in [0.1, 0.15) is 23.0 Å². The minimum Gasteiger partial charge on any atom is -0.497 e. The van der Waals surface area contributed by atoms with E-state index in [1.807, 2.05) is 50.3 Å². The van der Waals surface area contributed by atoms with Gasteiger partial charge in [0.25, 0.3) is 0 Å². The zero-order valence-electron chi connectivity index (χ0n) is 24.9. The van der Waals surface area contributed by atoms with Gasteiger partial charge in [-0.05, 0) is 130 Å². The Morgan fingerprint density at radius 1 is 0.952 bits per heavy atom. The third kappa shape index (κ3) is 7.49. The molecule has 2 aromatic carbocycles. The molecule has 4 rings (SSSR count). The summed E-state index contributed by atoms with van der Waals surface area (Å²) in [5.41, 5.74) is 5.92. The van der Waals surface area contributed by atoms with E-state index in [2.05, 4.69) is 13.2 Å². The van der Waals surface area contributed by atoms with Gasteiger partial charge in [-0.3, -0.25) is 4.79 Å². The lowest BCUT2D eigenvalue weighted by Crippen LogP contribution is -2.14. The van der Waals surface area contributed by atoms with Crippen molar-refractivity contribution in [3.05, 3.63) is 107 Å². The molecule has 0 radical (unpaired) electrons. The van der Waals surface area contributed by atoms with Crippen molar-refractivity contribution in [2.75, 3.05) is 20.3 Å². The lowest BCUT2D eigenvalue weighted by molar-refractivity contribution is -0.137. The molecule has 42 heavy (non-hydrogen) atoms. The van der Waals surface area contributed by atoms with Crippen LogP contribution >= 0.6 is 0 Å². The molecule has 0 unspecified atom stereocenters. The number of carbonyl (C=O) groups is 2.